The highest BCUT2D eigenvalue weighted by atomic mass is 32.1. The van der Waals surface area contributed by atoms with E-state index in [9.17, 15) is 18.0 Å². The fourth-order valence-corrected chi connectivity index (χ4v) is 3.98. The van der Waals surface area contributed by atoms with Gasteiger partial charge < -0.3 is 10.1 Å². The number of halogens is 3. The largest absolute Gasteiger partial charge is 0.495 e. The third-order valence-electron chi connectivity index (χ3n) is 4.66. The molecule has 0 radical (unpaired) electrons. The Labute approximate surface area is 159 Å². The van der Waals surface area contributed by atoms with Crippen molar-refractivity contribution in [2.75, 3.05) is 25.5 Å². The number of piperidine rings is 1. The second-order valence-corrected chi connectivity index (χ2v) is 7.47. The van der Waals surface area contributed by atoms with Crippen LogP contribution in [0.2, 0.25) is 0 Å². The van der Waals surface area contributed by atoms with Gasteiger partial charge >= 0.3 is 6.18 Å². The first kappa shape index (κ1) is 19.7. The van der Waals surface area contributed by atoms with Crippen LogP contribution < -0.4 is 10.1 Å². The van der Waals surface area contributed by atoms with E-state index in [1.807, 2.05) is 12.1 Å². The minimum Gasteiger partial charge on any atom is -0.495 e. The minimum absolute atomic E-state index is 0.0472. The Hall–Kier alpha value is -2.06. The normalized spacial score (nSPS) is 16.3. The lowest BCUT2D eigenvalue weighted by molar-refractivity contribution is -0.134. The Bertz CT molecular complexity index is 783. The first-order valence-corrected chi connectivity index (χ1v) is 9.55. The first-order chi connectivity index (χ1) is 12.9. The van der Waals surface area contributed by atoms with Crippen molar-refractivity contribution in [1.29, 1.82) is 0 Å². The molecular weight excluding hydrogens is 377 g/mol. The van der Waals surface area contributed by atoms with Crippen LogP contribution in [-0.2, 0) is 17.5 Å². The summed E-state index contributed by atoms with van der Waals surface area (Å²) in [5, 5.41) is 4.47. The van der Waals surface area contributed by atoms with E-state index in [1.165, 1.54) is 6.07 Å². The van der Waals surface area contributed by atoms with Crippen molar-refractivity contribution in [2.45, 2.75) is 25.6 Å². The van der Waals surface area contributed by atoms with E-state index in [1.54, 1.807) is 24.6 Å². The highest BCUT2D eigenvalue weighted by Crippen LogP contribution is 2.34. The molecule has 0 unspecified atom stereocenters. The average Bonchev–Trinajstić information content (AvgIpc) is 3.12. The van der Waals surface area contributed by atoms with Crippen LogP contribution in [0.1, 0.15) is 23.3 Å². The van der Waals surface area contributed by atoms with Crippen molar-refractivity contribution < 1.29 is 22.7 Å². The summed E-state index contributed by atoms with van der Waals surface area (Å²) in [5.74, 6) is 0.453. The minimum atomic E-state index is -4.29. The molecular formula is C19H21F3N2O2S. The maximum Gasteiger partial charge on any atom is 0.425 e. The van der Waals surface area contributed by atoms with Crippen molar-refractivity contribution in [3.63, 3.8) is 0 Å². The van der Waals surface area contributed by atoms with Crippen LogP contribution in [0.5, 0.6) is 5.75 Å². The second kappa shape index (κ2) is 8.31. The number of carbonyl (C=O) groups is 1. The van der Waals surface area contributed by atoms with E-state index in [-0.39, 0.29) is 11.8 Å². The SMILES string of the molecule is COc1ccccc1NC(=O)C1CCN(Cc2csc(C(F)(F)F)c2)CC1. The average molecular weight is 398 g/mol. The van der Waals surface area contributed by atoms with E-state index in [0.717, 1.165) is 11.3 Å². The van der Waals surface area contributed by atoms with Crippen molar-refractivity contribution in [1.82, 2.24) is 4.90 Å². The number of nitrogens with one attached hydrogen (secondary N) is 1. The maximum atomic E-state index is 12.7. The molecule has 1 aliphatic heterocycles. The molecule has 1 aromatic carbocycles. The molecule has 1 aromatic heterocycles. The van der Waals surface area contributed by atoms with E-state index in [4.69, 9.17) is 4.74 Å². The second-order valence-electron chi connectivity index (χ2n) is 6.56. The van der Waals surface area contributed by atoms with Crippen molar-refractivity contribution in [3.05, 3.63) is 46.2 Å². The number of nitrogens with zero attached hydrogens (tertiary/aromatic N) is 1. The third kappa shape index (κ3) is 5.01. The van der Waals surface area contributed by atoms with Crippen LogP contribution in [0.3, 0.4) is 0 Å². The molecule has 4 nitrogen and oxygen atoms in total. The standard InChI is InChI=1S/C19H21F3N2O2S/c1-26-16-5-3-2-4-15(16)23-18(25)14-6-8-24(9-7-14)11-13-10-17(27-12-13)19(20,21)22/h2-5,10,12,14H,6-9,11H2,1H3,(H,23,25). The van der Waals surface area contributed by atoms with Crippen molar-refractivity contribution >= 4 is 22.9 Å². The zero-order valence-corrected chi connectivity index (χ0v) is 15.7. The van der Waals surface area contributed by atoms with Gasteiger partial charge in [-0.1, -0.05) is 12.1 Å². The fourth-order valence-electron chi connectivity index (χ4n) is 3.20. The molecule has 2 heterocycles. The van der Waals surface area contributed by atoms with Gasteiger partial charge in [-0.2, -0.15) is 13.2 Å². The van der Waals surface area contributed by atoms with Crippen LogP contribution in [0, 0.1) is 5.92 Å². The summed E-state index contributed by atoms with van der Waals surface area (Å²) in [6, 6.07) is 8.46. The zero-order chi connectivity index (χ0) is 19.4. The lowest BCUT2D eigenvalue weighted by atomic mass is 9.95. The topological polar surface area (TPSA) is 41.6 Å². The van der Waals surface area contributed by atoms with E-state index in [0.29, 0.717) is 49.5 Å². The Morgan fingerprint density at radius 2 is 2.00 bits per heavy atom. The summed E-state index contributed by atoms with van der Waals surface area (Å²) in [4.78, 5) is 14.0. The van der Waals surface area contributed by atoms with Gasteiger partial charge in [0.2, 0.25) is 5.91 Å². The summed E-state index contributed by atoms with van der Waals surface area (Å²) >= 11 is 0.728. The predicted octanol–water partition coefficient (Wildman–Crippen LogP) is 4.63. The predicted molar refractivity (Wildman–Crippen MR) is 98.9 cm³/mol. The molecule has 8 heteroatoms. The number of carbonyl (C=O) groups excluding carboxylic acids is 1. The van der Waals surface area contributed by atoms with Gasteiger partial charge in [-0.05, 0) is 55.1 Å². The molecule has 1 amide bonds. The van der Waals surface area contributed by atoms with Crippen molar-refractivity contribution in [3.8, 4) is 5.75 Å². The number of hydrogen-bond donors (Lipinski definition) is 1. The summed E-state index contributed by atoms with van der Waals surface area (Å²) in [6.45, 7) is 1.84. The molecule has 1 saturated heterocycles. The molecule has 1 fully saturated rings. The summed E-state index contributed by atoms with van der Waals surface area (Å²) in [5.41, 5.74) is 1.31. The molecule has 146 valence electrons. The number of benzene rings is 1. The van der Waals surface area contributed by atoms with Gasteiger partial charge in [0, 0.05) is 12.5 Å². The summed E-state index contributed by atoms with van der Waals surface area (Å²) in [6.07, 6.45) is -2.93. The molecule has 0 aliphatic carbocycles. The summed E-state index contributed by atoms with van der Waals surface area (Å²) < 4.78 is 43.3. The molecule has 0 bridgehead atoms. The maximum absolute atomic E-state index is 12.7. The highest BCUT2D eigenvalue weighted by Gasteiger charge is 2.33. The number of para-hydroxylation sites is 2. The number of alkyl halides is 3. The van der Waals surface area contributed by atoms with Gasteiger partial charge in [-0.15, -0.1) is 11.3 Å². The van der Waals surface area contributed by atoms with E-state index in [2.05, 4.69) is 10.2 Å². The smallest absolute Gasteiger partial charge is 0.425 e. The Morgan fingerprint density at radius 3 is 2.63 bits per heavy atom. The number of amides is 1. The molecule has 0 atom stereocenters. The Balaban J connectivity index is 1.51. The van der Waals surface area contributed by atoms with Gasteiger partial charge in [-0.3, -0.25) is 9.69 Å². The van der Waals surface area contributed by atoms with E-state index < -0.39 is 11.1 Å². The van der Waals surface area contributed by atoms with Gasteiger partial charge in [0.05, 0.1) is 12.8 Å². The Morgan fingerprint density at radius 1 is 1.30 bits per heavy atom. The van der Waals surface area contributed by atoms with Crippen LogP contribution in [0.25, 0.3) is 0 Å². The molecule has 1 N–H and O–H groups in total. The van der Waals surface area contributed by atoms with Gasteiger partial charge in [0.15, 0.2) is 0 Å². The first-order valence-electron chi connectivity index (χ1n) is 8.67. The van der Waals surface area contributed by atoms with Crippen LogP contribution in [-0.4, -0.2) is 31.0 Å². The molecule has 3 rings (SSSR count). The molecule has 27 heavy (non-hydrogen) atoms. The lowest BCUT2D eigenvalue weighted by Gasteiger charge is -2.31. The number of ether oxygens (including phenoxy) is 1. The van der Waals surface area contributed by atoms with Crippen molar-refractivity contribution in [2.24, 2.45) is 5.92 Å². The molecule has 0 saturated carbocycles. The number of rotatable bonds is 5. The van der Waals surface area contributed by atoms with Gasteiger partial charge in [-0.25, -0.2) is 0 Å². The monoisotopic (exact) mass is 398 g/mol. The number of methoxy groups -OCH3 is 1. The van der Waals surface area contributed by atoms with Crippen LogP contribution >= 0.6 is 11.3 Å². The fraction of sp³-hybridized carbons (Fsp3) is 0.421. The van der Waals surface area contributed by atoms with E-state index >= 15 is 0 Å². The van der Waals surface area contributed by atoms with Gasteiger partial charge in [0.25, 0.3) is 0 Å². The van der Waals surface area contributed by atoms with Crippen LogP contribution in [0.4, 0.5) is 18.9 Å². The number of likely N-dealkylation sites (tertiary alicyclic amines) is 1. The number of anilines is 1. The third-order valence-corrected chi connectivity index (χ3v) is 5.69. The lowest BCUT2D eigenvalue weighted by Crippen LogP contribution is -2.37. The summed E-state index contributed by atoms with van der Waals surface area (Å²) in [7, 11) is 1.55. The van der Waals surface area contributed by atoms with Gasteiger partial charge in [0.1, 0.15) is 10.6 Å². The zero-order valence-electron chi connectivity index (χ0n) is 14.9. The quantitative estimate of drug-likeness (QED) is 0.799. The highest BCUT2D eigenvalue weighted by molar-refractivity contribution is 7.10. The van der Waals surface area contributed by atoms with Crippen LogP contribution in [0.15, 0.2) is 35.7 Å². The molecule has 2 aromatic rings. The molecule has 1 aliphatic rings. The Kier molecular flexibility index (Phi) is 6.06. The molecule has 0 spiro atoms. The number of thiophene rings is 1. The number of hydrogen-bond acceptors (Lipinski definition) is 4.